The molecular formula is C18H23ClN4O3. The standard InChI is InChI=1S/C18H22N4O3.ClH/c1-24-17(23)5-3-2-4-10-25-14-8-6-13(7-9-14)15-11-22-16(12-21-15)18(19)20;/h6-9,11-12H,2-5,10H2,1H3,(H3,19,20);1H. The molecule has 0 unspecified atom stereocenters. The maximum absolute atomic E-state index is 11.0. The van der Waals surface area contributed by atoms with Gasteiger partial charge in [0.1, 0.15) is 17.3 Å². The van der Waals surface area contributed by atoms with Crippen LogP contribution in [0.5, 0.6) is 5.75 Å². The zero-order valence-electron chi connectivity index (χ0n) is 14.6. The number of carbonyl (C=O) groups excluding carboxylic acids is 1. The van der Waals surface area contributed by atoms with Crippen molar-refractivity contribution in [2.75, 3.05) is 13.7 Å². The molecule has 0 aliphatic rings. The molecule has 140 valence electrons. The van der Waals surface area contributed by atoms with Crippen LogP contribution in [0, 0.1) is 5.41 Å². The maximum atomic E-state index is 11.0. The Morgan fingerprint density at radius 3 is 2.42 bits per heavy atom. The molecule has 1 aromatic heterocycles. The van der Waals surface area contributed by atoms with Crippen molar-refractivity contribution >= 4 is 24.2 Å². The van der Waals surface area contributed by atoms with Gasteiger partial charge < -0.3 is 15.2 Å². The number of nitrogens with two attached hydrogens (primary N) is 1. The summed E-state index contributed by atoms with van der Waals surface area (Å²) in [7, 11) is 1.40. The molecule has 0 fully saturated rings. The van der Waals surface area contributed by atoms with E-state index in [0.29, 0.717) is 24.4 Å². The van der Waals surface area contributed by atoms with Gasteiger partial charge in [-0.05, 0) is 43.5 Å². The molecule has 2 aromatic rings. The topological polar surface area (TPSA) is 111 Å². The SMILES string of the molecule is COC(=O)CCCCCOc1ccc(-c2cnc(C(=N)N)cn2)cc1.Cl. The summed E-state index contributed by atoms with van der Waals surface area (Å²) < 4.78 is 10.3. The second-order valence-corrected chi connectivity index (χ2v) is 5.46. The van der Waals surface area contributed by atoms with E-state index in [2.05, 4.69) is 14.7 Å². The van der Waals surface area contributed by atoms with Gasteiger partial charge >= 0.3 is 5.97 Å². The highest BCUT2D eigenvalue weighted by molar-refractivity contribution is 5.92. The Labute approximate surface area is 158 Å². The fourth-order valence-corrected chi connectivity index (χ4v) is 2.18. The minimum Gasteiger partial charge on any atom is -0.494 e. The lowest BCUT2D eigenvalue weighted by molar-refractivity contribution is -0.140. The van der Waals surface area contributed by atoms with Crippen LogP contribution >= 0.6 is 12.4 Å². The van der Waals surface area contributed by atoms with Gasteiger partial charge in [0.05, 0.1) is 31.8 Å². The molecule has 0 radical (unpaired) electrons. The maximum Gasteiger partial charge on any atom is 0.305 e. The van der Waals surface area contributed by atoms with Crippen LogP contribution < -0.4 is 10.5 Å². The fraction of sp³-hybridized carbons (Fsp3) is 0.333. The van der Waals surface area contributed by atoms with Crippen LogP contribution in [0.1, 0.15) is 31.4 Å². The highest BCUT2D eigenvalue weighted by Crippen LogP contribution is 2.20. The molecule has 1 heterocycles. The molecule has 0 aliphatic heterocycles. The Kier molecular flexibility index (Phi) is 9.08. The molecule has 0 saturated heterocycles. The Hall–Kier alpha value is -2.67. The van der Waals surface area contributed by atoms with Crippen molar-refractivity contribution in [1.82, 2.24) is 9.97 Å². The first-order valence-corrected chi connectivity index (χ1v) is 8.06. The van der Waals surface area contributed by atoms with Crippen molar-refractivity contribution in [3.63, 3.8) is 0 Å². The average molecular weight is 379 g/mol. The van der Waals surface area contributed by atoms with Crippen molar-refractivity contribution < 1.29 is 14.3 Å². The Balaban J connectivity index is 0.00000338. The summed E-state index contributed by atoms with van der Waals surface area (Å²) in [5.41, 5.74) is 7.34. The number of halogens is 1. The molecule has 0 atom stereocenters. The summed E-state index contributed by atoms with van der Waals surface area (Å²) in [4.78, 5) is 19.3. The molecule has 3 N–H and O–H groups in total. The second-order valence-electron chi connectivity index (χ2n) is 5.46. The highest BCUT2D eigenvalue weighted by Gasteiger charge is 2.04. The molecule has 7 nitrogen and oxygen atoms in total. The third-order valence-corrected chi connectivity index (χ3v) is 3.60. The lowest BCUT2D eigenvalue weighted by atomic mass is 10.1. The van der Waals surface area contributed by atoms with E-state index in [1.807, 2.05) is 24.3 Å². The van der Waals surface area contributed by atoms with Crippen molar-refractivity contribution in [3.8, 4) is 17.0 Å². The average Bonchev–Trinajstić information content (AvgIpc) is 2.65. The van der Waals surface area contributed by atoms with Crippen LogP contribution in [0.3, 0.4) is 0 Å². The number of carbonyl (C=O) groups is 1. The molecular weight excluding hydrogens is 356 g/mol. The van der Waals surface area contributed by atoms with Crippen molar-refractivity contribution in [1.29, 1.82) is 5.41 Å². The lowest BCUT2D eigenvalue weighted by Crippen LogP contribution is -2.13. The molecule has 1 aromatic carbocycles. The number of aromatic nitrogens is 2. The number of nitrogens with zero attached hydrogens (tertiary/aromatic N) is 2. The normalized spacial score (nSPS) is 9.88. The summed E-state index contributed by atoms with van der Waals surface area (Å²) in [6, 6.07) is 7.57. The molecule has 0 aliphatic carbocycles. The summed E-state index contributed by atoms with van der Waals surface area (Å²) in [6.45, 7) is 0.605. The van der Waals surface area contributed by atoms with Crippen LogP contribution in [0.25, 0.3) is 11.3 Å². The number of esters is 1. The first kappa shape index (κ1) is 21.4. The molecule has 8 heteroatoms. The zero-order valence-corrected chi connectivity index (χ0v) is 15.4. The van der Waals surface area contributed by atoms with Gasteiger partial charge in [0, 0.05) is 12.0 Å². The van der Waals surface area contributed by atoms with Gasteiger partial charge in [-0.2, -0.15) is 0 Å². The van der Waals surface area contributed by atoms with Crippen molar-refractivity contribution in [3.05, 3.63) is 42.4 Å². The summed E-state index contributed by atoms with van der Waals surface area (Å²) in [6.07, 6.45) is 6.14. The van der Waals surface area contributed by atoms with E-state index in [-0.39, 0.29) is 24.2 Å². The van der Waals surface area contributed by atoms with Gasteiger partial charge in [-0.15, -0.1) is 12.4 Å². The number of ether oxygens (including phenoxy) is 2. The third-order valence-electron chi connectivity index (χ3n) is 3.60. The quantitative estimate of drug-likeness (QED) is 0.300. The zero-order chi connectivity index (χ0) is 18.1. The summed E-state index contributed by atoms with van der Waals surface area (Å²) in [5.74, 6) is 0.510. The number of unbranched alkanes of at least 4 members (excludes halogenated alkanes) is 2. The van der Waals surface area contributed by atoms with Crippen molar-refractivity contribution in [2.45, 2.75) is 25.7 Å². The van der Waals surface area contributed by atoms with E-state index < -0.39 is 0 Å². The van der Waals surface area contributed by atoms with E-state index in [9.17, 15) is 4.79 Å². The Morgan fingerprint density at radius 1 is 1.12 bits per heavy atom. The number of nitrogen functional groups attached to an aromatic ring is 1. The number of rotatable bonds is 9. The van der Waals surface area contributed by atoms with Crippen LogP contribution in [0.4, 0.5) is 0 Å². The van der Waals surface area contributed by atoms with E-state index >= 15 is 0 Å². The molecule has 0 amide bonds. The van der Waals surface area contributed by atoms with Crippen LogP contribution in [0.2, 0.25) is 0 Å². The summed E-state index contributed by atoms with van der Waals surface area (Å²) >= 11 is 0. The van der Waals surface area contributed by atoms with Crippen LogP contribution in [-0.4, -0.2) is 35.5 Å². The predicted molar refractivity (Wildman–Crippen MR) is 102 cm³/mol. The number of benzene rings is 1. The number of nitrogens with one attached hydrogen (secondary N) is 1. The largest absolute Gasteiger partial charge is 0.494 e. The predicted octanol–water partition coefficient (Wildman–Crippen LogP) is 2.96. The number of methoxy groups -OCH3 is 1. The number of hydrogen-bond donors (Lipinski definition) is 2. The first-order valence-electron chi connectivity index (χ1n) is 8.06. The lowest BCUT2D eigenvalue weighted by Gasteiger charge is -2.07. The number of amidine groups is 1. The van der Waals surface area contributed by atoms with E-state index in [4.69, 9.17) is 15.9 Å². The fourth-order valence-electron chi connectivity index (χ4n) is 2.18. The van der Waals surface area contributed by atoms with Gasteiger partial charge in [0.15, 0.2) is 0 Å². The van der Waals surface area contributed by atoms with Gasteiger partial charge in [-0.3, -0.25) is 15.2 Å². The highest BCUT2D eigenvalue weighted by atomic mass is 35.5. The Bertz CT molecular complexity index is 705. The minimum absolute atomic E-state index is 0. The van der Waals surface area contributed by atoms with E-state index in [1.54, 1.807) is 6.20 Å². The minimum atomic E-state index is -0.170. The monoisotopic (exact) mass is 378 g/mol. The van der Waals surface area contributed by atoms with Gasteiger partial charge in [-0.25, -0.2) is 4.98 Å². The van der Waals surface area contributed by atoms with Crippen LogP contribution in [-0.2, 0) is 9.53 Å². The Morgan fingerprint density at radius 2 is 1.85 bits per heavy atom. The second kappa shape index (κ2) is 11.0. The molecule has 0 bridgehead atoms. The van der Waals surface area contributed by atoms with Gasteiger partial charge in [0.25, 0.3) is 0 Å². The van der Waals surface area contributed by atoms with Crippen LogP contribution in [0.15, 0.2) is 36.7 Å². The van der Waals surface area contributed by atoms with Gasteiger partial charge in [0.2, 0.25) is 0 Å². The molecule has 0 spiro atoms. The first-order chi connectivity index (χ1) is 12.1. The molecule has 0 saturated carbocycles. The van der Waals surface area contributed by atoms with E-state index in [1.165, 1.54) is 13.3 Å². The third kappa shape index (κ3) is 6.68. The number of hydrogen-bond acceptors (Lipinski definition) is 6. The molecule has 26 heavy (non-hydrogen) atoms. The van der Waals surface area contributed by atoms with Crippen molar-refractivity contribution in [2.24, 2.45) is 5.73 Å². The molecule has 2 rings (SSSR count). The van der Waals surface area contributed by atoms with E-state index in [0.717, 1.165) is 30.6 Å². The van der Waals surface area contributed by atoms with Gasteiger partial charge in [-0.1, -0.05) is 0 Å². The smallest absolute Gasteiger partial charge is 0.305 e. The summed E-state index contributed by atoms with van der Waals surface area (Å²) in [5, 5.41) is 7.31.